The minimum Gasteiger partial charge on any atom is -0.543 e. The first-order valence-corrected chi connectivity index (χ1v) is 13.2. The number of carboxylic acid groups (broad SMARTS) is 1. The molecule has 0 radical (unpaired) electrons. The second kappa shape index (κ2) is 9.36. The van der Waals surface area contributed by atoms with Crippen molar-refractivity contribution in [2.24, 2.45) is 5.16 Å². The molecule has 3 aliphatic heterocycles. The third-order valence-electron chi connectivity index (χ3n) is 6.56. The number of nitrogens with one attached hydrogen (secondary N) is 1. The van der Waals surface area contributed by atoms with Crippen LogP contribution in [0.2, 0.25) is 0 Å². The van der Waals surface area contributed by atoms with Gasteiger partial charge in [-0.15, -0.1) is 23.1 Å². The highest BCUT2D eigenvalue weighted by Gasteiger charge is 2.54. The van der Waals surface area contributed by atoms with Gasteiger partial charge in [0.1, 0.15) is 49.6 Å². The van der Waals surface area contributed by atoms with E-state index >= 15 is 0 Å². The molecule has 3 aliphatic rings. The number of likely N-dealkylation sites (N-methyl/N-ethyl adjacent to an activating group) is 1. The largest absolute Gasteiger partial charge is 0.543 e. The number of amides is 2. The first-order valence-electron chi connectivity index (χ1n) is 11.3. The third kappa shape index (κ3) is 4.51. The summed E-state index contributed by atoms with van der Waals surface area (Å²) in [6, 6.07) is 4.29. The number of nitrogens with two attached hydrogens (primary N) is 1. The van der Waals surface area contributed by atoms with Crippen molar-refractivity contribution in [3.05, 3.63) is 51.7 Å². The van der Waals surface area contributed by atoms with Crippen molar-refractivity contribution in [2.45, 2.75) is 24.5 Å². The topological polar surface area (TPSA) is 170 Å². The first kappa shape index (κ1) is 25.0. The summed E-state index contributed by atoms with van der Waals surface area (Å²) in [4.78, 5) is 48.2. The summed E-state index contributed by atoms with van der Waals surface area (Å²) in [5.41, 5.74) is 8.27. The van der Waals surface area contributed by atoms with Gasteiger partial charge in [0.2, 0.25) is 0 Å². The molecule has 1 fully saturated rings. The molecular formula is C23H24N6O6S2. The number of rotatable bonds is 7. The zero-order chi connectivity index (χ0) is 26.5. The van der Waals surface area contributed by atoms with Gasteiger partial charge in [-0.25, -0.2) is 4.98 Å². The predicted octanol–water partition coefficient (Wildman–Crippen LogP) is -0.654. The van der Waals surface area contributed by atoms with Crippen LogP contribution in [0.1, 0.15) is 16.8 Å². The van der Waals surface area contributed by atoms with Crippen molar-refractivity contribution in [1.29, 1.82) is 0 Å². The average Bonchev–Trinajstić information content (AvgIpc) is 3.41. The molecule has 4 N–H and O–H groups in total. The molecule has 12 nitrogen and oxygen atoms in total. The van der Waals surface area contributed by atoms with Gasteiger partial charge in [-0.3, -0.25) is 14.5 Å². The average molecular weight is 545 g/mol. The molecule has 5 rings (SSSR count). The zero-order valence-electron chi connectivity index (χ0n) is 20.0. The van der Waals surface area contributed by atoms with Crippen LogP contribution in [0.4, 0.5) is 5.13 Å². The fourth-order valence-electron chi connectivity index (χ4n) is 5.06. The van der Waals surface area contributed by atoms with Crippen LogP contribution in [0.15, 0.2) is 40.0 Å². The van der Waals surface area contributed by atoms with Crippen molar-refractivity contribution in [3.63, 3.8) is 0 Å². The number of hydrogen-bond donors (Lipinski definition) is 3. The Balaban J connectivity index is 1.34. The van der Waals surface area contributed by atoms with Crippen molar-refractivity contribution < 1.29 is 33.9 Å². The number of benzene rings is 1. The monoisotopic (exact) mass is 544 g/mol. The summed E-state index contributed by atoms with van der Waals surface area (Å²) in [6.45, 7) is 1.69. The molecule has 1 saturated heterocycles. The Morgan fingerprint density at radius 2 is 2.14 bits per heavy atom. The van der Waals surface area contributed by atoms with Crippen LogP contribution >= 0.6 is 23.1 Å². The maximum Gasteiger partial charge on any atom is 0.276 e. The molecule has 4 heterocycles. The number of β-lactam (4-membered cyclic amide) rings is 1. The number of hydrogen-bond acceptors (Lipinski definition) is 11. The van der Waals surface area contributed by atoms with Gasteiger partial charge in [0.05, 0.1) is 18.7 Å². The van der Waals surface area contributed by atoms with Gasteiger partial charge in [0.15, 0.2) is 10.8 Å². The number of aromatic hydroxyl groups is 1. The number of aromatic nitrogens is 1. The minimum atomic E-state index is -1.43. The van der Waals surface area contributed by atoms with E-state index in [9.17, 15) is 24.6 Å². The lowest BCUT2D eigenvalue weighted by molar-refractivity contribution is -0.924. The lowest BCUT2D eigenvalue weighted by Crippen LogP contribution is -2.71. The molecule has 1 aromatic heterocycles. The van der Waals surface area contributed by atoms with E-state index in [1.54, 1.807) is 17.5 Å². The molecule has 2 amide bonds. The van der Waals surface area contributed by atoms with Crippen molar-refractivity contribution in [3.8, 4) is 5.75 Å². The SMILES string of the molecule is CO/N=C(\C(=O)NC1C(=O)N2C(C(=O)[O-])=C(C[N+]3(C)Cc4ccc(O)cc4C3)CS[C@H]12)c1csc(N)n1. The van der Waals surface area contributed by atoms with E-state index in [-0.39, 0.29) is 28.0 Å². The molecule has 0 saturated carbocycles. The zero-order valence-corrected chi connectivity index (χ0v) is 21.6. The van der Waals surface area contributed by atoms with Gasteiger partial charge < -0.3 is 35.4 Å². The molecule has 2 unspecified atom stereocenters. The molecule has 0 spiro atoms. The summed E-state index contributed by atoms with van der Waals surface area (Å²) in [7, 11) is 3.29. The summed E-state index contributed by atoms with van der Waals surface area (Å²) in [5, 5.41) is 29.5. The number of nitrogen functional groups attached to an aromatic ring is 1. The quantitative estimate of drug-likeness (QED) is 0.177. The van der Waals surface area contributed by atoms with E-state index in [0.29, 0.717) is 35.4 Å². The molecule has 194 valence electrons. The second-order valence-corrected chi connectivity index (χ2v) is 11.3. The summed E-state index contributed by atoms with van der Waals surface area (Å²) >= 11 is 2.50. The molecule has 14 heteroatoms. The number of anilines is 1. The normalized spacial score (nSPS) is 24.9. The van der Waals surface area contributed by atoms with Gasteiger partial charge in [0.25, 0.3) is 11.8 Å². The molecule has 37 heavy (non-hydrogen) atoms. The Bertz CT molecular complexity index is 1370. The number of phenolic OH excluding ortho intramolecular Hbond substituents is 1. The second-order valence-electron chi connectivity index (χ2n) is 9.34. The van der Waals surface area contributed by atoms with Gasteiger partial charge in [0, 0.05) is 27.8 Å². The van der Waals surface area contributed by atoms with Crippen molar-refractivity contribution in [1.82, 2.24) is 15.2 Å². The maximum atomic E-state index is 13.1. The predicted molar refractivity (Wildman–Crippen MR) is 134 cm³/mol. The fraction of sp³-hybridized carbons (Fsp3) is 0.348. The molecule has 1 aromatic carbocycles. The number of phenols is 1. The van der Waals surface area contributed by atoms with Gasteiger partial charge >= 0.3 is 0 Å². The van der Waals surface area contributed by atoms with Crippen LogP contribution in [0.3, 0.4) is 0 Å². The highest BCUT2D eigenvalue weighted by Crippen LogP contribution is 2.42. The van der Waals surface area contributed by atoms with Crippen LogP contribution < -0.4 is 16.2 Å². The molecule has 3 atom stereocenters. The molecule has 0 aliphatic carbocycles. The maximum absolute atomic E-state index is 13.1. The van der Waals surface area contributed by atoms with E-state index < -0.39 is 29.2 Å². The van der Waals surface area contributed by atoms with Crippen molar-refractivity contribution >= 4 is 51.7 Å². The standard InChI is InChI=1S/C23H24N6O6S2/c1-29(6-11-3-4-14(30)5-12(11)7-29)8-13-9-36-21-17(20(32)28(21)18(13)22(33)34)26-19(31)16(27-35-2)15-10-37-23(24)25-15/h3-5,10,17,21H,6-9H2,1-2H3,(H4-,24,25,26,30,31,33,34)/b27-16-/t17?,21-,29?/m1/s1. The molecule has 0 bridgehead atoms. The Morgan fingerprint density at radius 3 is 2.81 bits per heavy atom. The van der Waals surface area contributed by atoms with E-state index in [4.69, 9.17) is 10.6 Å². The van der Waals surface area contributed by atoms with Crippen LogP contribution in [0.25, 0.3) is 0 Å². The highest BCUT2D eigenvalue weighted by atomic mass is 32.2. The van der Waals surface area contributed by atoms with Gasteiger partial charge in [-0.2, -0.15) is 0 Å². The number of thiazole rings is 1. The first-order chi connectivity index (χ1) is 17.6. The number of carbonyl (C=O) groups is 3. The van der Waals surface area contributed by atoms with Crippen LogP contribution in [-0.4, -0.2) is 80.8 Å². The summed E-state index contributed by atoms with van der Waals surface area (Å²) < 4.78 is 0.506. The van der Waals surface area contributed by atoms with Gasteiger partial charge in [-0.05, 0) is 18.2 Å². The highest BCUT2D eigenvalue weighted by molar-refractivity contribution is 8.00. The van der Waals surface area contributed by atoms with E-state index in [2.05, 4.69) is 15.5 Å². The molecular weight excluding hydrogens is 520 g/mol. The van der Waals surface area contributed by atoms with Crippen LogP contribution in [0.5, 0.6) is 5.75 Å². The lowest BCUT2D eigenvalue weighted by Gasteiger charge is -2.51. The Kier molecular flexibility index (Phi) is 6.33. The minimum absolute atomic E-state index is 0.143. The Hall–Kier alpha value is -3.62. The lowest BCUT2D eigenvalue weighted by atomic mass is 10.0. The number of oxime groups is 1. The number of fused-ring (bicyclic) bond motifs is 2. The third-order valence-corrected chi connectivity index (χ3v) is 8.57. The van der Waals surface area contributed by atoms with Gasteiger partial charge in [-0.1, -0.05) is 5.16 Å². The summed E-state index contributed by atoms with van der Waals surface area (Å²) in [6.07, 6.45) is 0. The number of quaternary nitrogens is 1. The molecule has 2 aromatic rings. The number of aliphatic carboxylic acids is 1. The van der Waals surface area contributed by atoms with E-state index in [0.717, 1.165) is 22.5 Å². The summed E-state index contributed by atoms with van der Waals surface area (Å²) in [5.74, 6) is -2.12. The number of nitrogens with zero attached hydrogens (tertiary/aromatic N) is 4. The number of carbonyl (C=O) groups excluding carboxylic acids is 3. The van der Waals surface area contributed by atoms with E-state index in [1.165, 1.54) is 23.8 Å². The van der Waals surface area contributed by atoms with Crippen LogP contribution in [0, 0.1) is 0 Å². The number of carboxylic acids is 1. The number of thioether (sulfide) groups is 1. The smallest absolute Gasteiger partial charge is 0.276 e. The fourth-order valence-corrected chi connectivity index (χ4v) is 6.94. The Morgan fingerprint density at radius 1 is 1.38 bits per heavy atom. The Labute approximate surface area is 220 Å². The van der Waals surface area contributed by atoms with Crippen LogP contribution in [-0.2, 0) is 32.3 Å². The van der Waals surface area contributed by atoms with Crippen molar-refractivity contribution in [2.75, 3.05) is 32.2 Å². The van der Waals surface area contributed by atoms with E-state index in [1.807, 2.05) is 13.1 Å².